The van der Waals surface area contributed by atoms with Gasteiger partial charge in [0.2, 0.25) is 0 Å². The van der Waals surface area contributed by atoms with Gasteiger partial charge in [0.25, 0.3) is 0 Å². The van der Waals surface area contributed by atoms with Crippen molar-refractivity contribution in [3.05, 3.63) is 16.1 Å². The average Bonchev–Trinajstić information content (AvgIpc) is 3.11. The van der Waals surface area contributed by atoms with Crippen molar-refractivity contribution in [1.29, 1.82) is 0 Å². The molecule has 1 amide bonds. The van der Waals surface area contributed by atoms with Gasteiger partial charge in [-0.15, -0.1) is 35.3 Å². The number of hydrogen-bond acceptors (Lipinski definition) is 5. The van der Waals surface area contributed by atoms with E-state index in [1.54, 1.807) is 18.4 Å². The summed E-state index contributed by atoms with van der Waals surface area (Å²) in [6, 6.07) is 0. The molecule has 1 aliphatic heterocycles. The lowest BCUT2D eigenvalue weighted by molar-refractivity contribution is 0.0162. The summed E-state index contributed by atoms with van der Waals surface area (Å²) in [6.45, 7) is 10.9. The van der Waals surface area contributed by atoms with Gasteiger partial charge in [0.05, 0.1) is 6.54 Å². The third kappa shape index (κ3) is 9.50. The largest absolute Gasteiger partial charge is 0.444 e. The number of carbonyl (C=O) groups is 1. The monoisotopic (exact) mass is 537 g/mol. The first-order chi connectivity index (χ1) is 13.3. The fraction of sp³-hybridized carbons (Fsp3) is 0.750. The quantitative estimate of drug-likeness (QED) is 0.326. The van der Waals surface area contributed by atoms with Crippen LogP contribution in [0.4, 0.5) is 4.79 Å². The molecule has 1 unspecified atom stereocenters. The molecule has 2 heterocycles. The number of aromatic nitrogens is 1. The van der Waals surface area contributed by atoms with Crippen molar-refractivity contribution in [1.82, 2.24) is 20.5 Å². The van der Waals surface area contributed by atoms with Gasteiger partial charge < -0.3 is 20.3 Å². The van der Waals surface area contributed by atoms with Gasteiger partial charge in [0, 0.05) is 37.8 Å². The van der Waals surface area contributed by atoms with Crippen molar-refractivity contribution in [3.63, 3.8) is 0 Å². The molecule has 166 valence electrons. The Morgan fingerprint density at radius 1 is 1.41 bits per heavy atom. The number of aryl methyl sites for hydroxylation is 1. The smallest absolute Gasteiger partial charge is 0.410 e. The molecule has 0 spiro atoms. The summed E-state index contributed by atoms with van der Waals surface area (Å²) in [6.07, 6.45) is 5.94. The Balaban J connectivity index is 0.00000420. The number of amides is 1. The van der Waals surface area contributed by atoms with Crippen LogP contribution in [0.1, 0.15) is 56.8 Å². The molecule has 29 heavy (non-hydrogen) atoms. The lowest BCUT2D eigenvalue weighted by Gasteiger charge is -2.34. The molecule has 0 saturated carbocycles. The highest BCUT2D eigenvalue weighted by molar-refractivity contribution is 14.0. The van der Waals surface area contributed by atoms with Gasteiger partial charge in [-0.2, -0.15) is 0 Å². The fourth-order valence-electron chi connectivity index (χ4n) is 3.16. The van der Waals surface area contributed by atoms with Gasteiger partial charge in [-0.05, 0) is 52.4 Å². The first kappa shape index (κ1) is 25.9. The van der Waals surface area contributed by atoms with Crippen LogP contribution in [0.25, 0.3) is 0 Å². The Hall–Kier alpha value is -1.10. The highest BCUT2D eigenvalue weighted by Crippen LogP contribution is 2.21. The van der Waals surface area contributed by atoms with E-state index in [9.17, 15) is 4.79 Å². The topological polar surface area (TPSA) is 78.9 Å². The number of hydrogen-bond donors (Lipinski definition) is 2. The molecule has 1 fully saturated rings. The zero-order valence-corrected chi connectivity index (χ0v) is 21.4. The number of guanidine groups is 1. The Morgan fingerprint density at radius 2 is 2.17 bits per heavy atom. The van der Waals surface area contributed by atoms with Crippen LogP contribution >= 0.6 is 35.3 Å². The summed E-state index contributed by atoms with van der Waals surface area (Å²) in [5.74, 6) is 1.27. The van der Waals surface area contributed by atoms with Gasteiger partial charge in [-0.1, -0.05) is 6.92 Å². The van der Waals surface area contributed by atoms with E-state index < -0.39 is 5.60 Å². The second kappa shape index (κ2) is 12.6. The van der Waals surface area contributed by atoms with Crippen LogP contribution in [0.15, 0.2) is 11.2 Å². The van der Waals surface area contributed by atoms with Crippen LogP contribution in [0, 0.1) is 5.92 Å². The molecule has 0 aliphatic carbocycles. The van der Waals surface area contributed by atoms with Crippen molar-refractivity contribution in [2.75, 3.05) is 26.7 Å². The van der Waals surface area contributed by atoms with E-state index in [2.05, 4.69) is 27.5 Å². The van der Waals surface area contributed by atoms with Gasteiger partial charge in [-0.25, -0.2) is 9.78 Å². The molecule has 2 rings (SSSR count). The number of piperidine rings is 1. The van der Waals surface area contributed by atoms with Crippen LogP contribution in [0.5, 0.6) is 0 Å². The van der Waals surface area contributed by atoms with Gasteiger partial charge in [-0.3, -0.25) is 4.99 Å². The van der Waals surface area contributed by atoms with Crippen LogP contribution in [0.3, 0.4) is 0 Å². The average molecular weight is 538 g/mol. The maximum Gasteiger partial charge on any atom is 0.410 e. The zero-order valence-electron chi connectivity index (χ0n) is 18.3. The Labute approximate surface area is 196 Å². The van der Waals surface area contributed by atoms with E-state index in [1.807, 2.05) is 31.9 Å². The second-order valence-corrected chi connectivity index (χ2v) is 9.35. The number of nitrogens with zero attached hydrogens (tertiary/aromatic N) is 3. The molecule has 1 aliphatic rings. The number of likely N-dealkylation sites (tertiary alicyclic amines) is 1. The Kier molecular flexibility index (Phi) is 11.2. The lowest BCUT2D eigenvalue weighted by atomic mass is 9.95. The first-order valence-corrected chi connectivity index (χ1v) is 11.0. The number of thiazole rings is 1. The van der Waals surface area contributed by atoms with E-state index in [-0.39, 0.29) is 30.1 Å². The first-order valence-electron chi connectivity index (χ1n) is 10.2. The summed E-state index contributed by atoms with van der Waals surface area (Å²) in [7, 11) is 1.78. The predicted molar refractivity (Wildman–Crippen MR) is 130 cm³/mol. The third-order valence-corrected chi connectivity index (χ3v) is 5.74. The molecule has 1 aromatic rings. The molecular formula is C20H36IN5O2S. The molecule has 0 bridgehead atoms. The van der Waals surface area contributed by atoms with Crippen molar-refractivity contribution in [2.45, 2.75) is 65.5 Å². The fourth-order valence-corrected chi connectivity index (χ4v) is 3.96. The minimum atomic E-state index is -0.445. The summed E-state index contributed by atoms with van der Waals surface area (Å²) >= 11 is 1.73. The molecule has 2 N–H and O–H groups in total. The molecule has 1 aromatic heterocycles. The van der Waals surface area contributed by atoms with Crippen molar-refractivity contribution >= 4 is 47.4 Å². The van der Waals surface area contributed by atoms with Crippen LogP contribution in [0.2, 0.25) is 0 Å². The molecule has 9 heteroatoms. The number of rotatable bonds is 6. The summed E-state index contributed by atoms with van der Waals surface area (Å²) < 4.78 is 5.51. The van der Waals surface area contributed by atoms with Gasteiger partial charge in [0.1, 0.15) is 10.6 Å². The van der Waals surface area contributed by atoms with E-state index in [1.165, 1.54) is 4.88 Å². The highest BCUT2D eigenvalue weighted by atomic mass is 127. The number of halogens is 1. The van der Waals surface area contributed by atoms with Gasteiger partial charge >= 0.3 is 6.09 Å². The summed E-state index contributed by atoms with van der Waals surface area (Å²) in [5.41, 5.74) is -0.445. The number of ether oxygens (including phenoxy) is 1. The molecular weight excluding hydrogens is 501 g/mol. The third-order valence-electron chi connectivity index (χ3n) is 4.60. The molecule has 1 saturated heterocycles. The van der Waals surface area contributed by atoms with E-state index in [0.717, 1.165) is 56.3 Å². The van der Waals surface area contributed by atoms with Crippen molar-refractivity contribution in [2.24, 2.45) is 10.9 Å². The summed E-state index contributed by atoms with van der Waals surface area (Å²) in [4.78, 5) is 24.1. The lowest BCUT2D eigenvalue weighted by Crippen LogP contribution is -2.44. The minimum absolute atomic E-state index is 0. The van der Waals surface area contributed by atoms with E-state index in [4.69, 9.17) is 4.74 Å². The SMILES string of the molecule is CCc1cnc(CNC(=NC)NCCC2CCCN(C(=O)OC(C)(C)C)C2)s1.I. The van der Waals surface area contributed by atoms with Crippen LogP contribution in [-0.2, 0) is 17.7 Å². The molecule has 0 radical (unpaired) electrons. The van der Waals surface area contributed by atoms with Gasteiger partial charge in [0.15, 0.2) is 5.96 Å². The number of nitrogens with one attached hydrogen (secondary N) is 2. The maximum atomic E-state index is 12.3. The van der Waals surface area contributed by atoms with Crippen molar-refractivity contribution < 1.29 is 9.53 Å². The zero-order chi connectivity index (χ0) is 20.6. The van der Waals surface area contributed by atoms with Crippen molar-refractivity contribution in [3.8, 4) is 0 Å². The number of aliphatic imine (C=N–C) groups is 1. The molecule has 1 atom stereocenters. The number of carbonyl (C=O) groups excluding carboxylic acids is 1. The maximum absolute atomic E-state index is 12.3. The second-order valence-electron chi connectivity index (χ2n) is 8.15. The Bertz CT molecular complexity index is 660. The normalized spacial score (nSPS) is 17.5. The van der Waals surface area contributed by atoms with Crippen LogP contribution in [-0.4, -0.2) is 54.2 Å². The molecule has 0 aromatic carbocycles. The summed E-state index contributed by atoms with van der Waals surface area (Å²) in [5, 5.41) is 7.76. The van der Waals surface area contributed by atoms with E-state index in [0.29, 0.717) is 12.5 Å². The Morgan fingerprint density at radius 3 is 2.79 bits per heavy atom. The molecule has 7 nitrogen and oxygen atoms in total. The standard InChI is InChI=1S/C20H35N5O2S.HI/c1-6-16-12-23-17(28-16)13-24-18(21-5)22-10-9-15-8-7-11-25(14-15)19(26)27-20(2,3)4;/h12,15H,6-11,13-14H2,1-5H3,(H2,21,22,24);1H. The highest BCUT2D eigenvalue weighted by Gasteiger charge is 2.27. The minimum Gasteiger partial charge on any atom is -0.444 e. The predicted octanol–water partition coefficient (Wildman–Crippen LogP) is 4.03. The van der Waals surface area contributed by atoms with E-state index >= 15 is 0 Å². The van der Waals surface area contributed by atoms with Crippen LogP contribution < -0.4 is 10.6 Å².